The lowest BCUT2D eigenvalue weighted by molar-refractivity contribution is -0.131. The number of hydrogen-bond donors (Lipinski definition) is 1. The Morgan fingerprint density at radius 2 is 1.83 bits per heavy atom. The van der Waals surface area contributed by atoms with E-state index >= 15 is 0 Å². The molecule has 1 aliphatic rings. The number of rotatable bonds is 6. The van der Waals surface area contributed by atoms with Crippen LogP contribution in [0.15, 0.2) is 42.5 Å². The SMILES string of the molecule is Cc1cc(C)cc(C2CCCN2C(=O)C(C)SCC(=O)Nc2ccc(F)cc2)c1. The molecule has 0 aliphatic carbocycles. The molecule has 2 unspecified atom stereocenters. The average molecular weight is 415 g/mol. The van der Waals surface area contributed by atoms with E-state index in [4.69, 9.17) is 0 Å². The first kappa shape index (κ1) is 21.4. The average Bonchev–Trinajstić information content (AvgIpc) is 3.16. The normalized spacial score (nSPS) is 17.2. The van der Waals surface area contributed by atoms with Gasteiger partial charge in [-0.15, -0.1) is 11.8 Å². The predicted octanol–water partition coefficient (Wildman–Crippen LogP) is 4.87. The lowest BCUT2D eigenvalue weighted by Gasteiger charge is -2.28. The van der Waals surface area contributed by atoms with E-state index in [2.05, 4.69) is 37.4 Å². The van der Waals surface area contributed by atoms with Gasteiger partial charge < -0.3 is 10.2 Å². The molecule has 4 nitrogen and oxygen atoms in total. The molecule has 2 aromatic rings. The molecular formula is C23H27FN2O2S. The zero-order valence-corrected chi connectivity index (χ0v) is 17.9. The number of halogens is 1. The third-order valence-electron chi connectivity index (χ3n) is 5.10. The van der Waals surface area contributed by atoms with Crippen LogP contribution in [0.1, 0.15) is 42.5 Å². The number of anilines is 1. The second-order valence-corrected chi connectivity index (χ2v) is 8.95. The number of amides is 2. The molecule has 0 aromatic heterocycles. The van der Waals surface area contributed by atoms with E-state index < -0.39 is 0 Å². The van der Waals surface area contributed by atoms with Gasteiger partial charge in [-0.25, -0.2) is 4.39 Å². The second-order valence-electron chi connectivity index (χ2n) is 7.62. The molecule has 1 heterocycles. The standard InChI is InChI=1S/C23H27FN2O2S/c1-15-11-16(2)13-18(12-15)21-5-4-10-26(21)23(28)17(3)29-14-22(27)25-20-8-6-19(24)7-9-20/h6-9,11-13,17,21H,4-5,10,14H2,1-3H3,(H,25,27). The number of nitrogens with zero attached hydrogens (tertiary/aromatic N) is 1. The van der Waals surface area contributed by atoms with Crippen molar-refractivity contribution in [3.8, 4) is 0 Å². The van der Waals surface area contributed by atoms with Crippen molar-refractivity contribution < 1.29 is 14.0 Å². The summed E-state index contributed by atoms with van der Waals surface area (Å²) in [6.07, 6.45) is 1.96. The van der Waals surface area contributed by atoms with E-state index in [1.54, 1.807) is 0 Å². The summed E-state index contributed by atoms with van der Waals surface area (Å²) in [6.45, 7) is 6.77. The highest BCUT2D eigenvalue weighted by Crippen LogP contribution is 2.34. The van der Waals surface area contributed by atoms with Gasteiger partial charge in [0.1, 0.15) is 5.82 Å². The van der Waals surface area contributed by atoms with Crippen LogP contribution in [0.5, 0.6) is 0 Å². The van der Waals surface area contributed by atoms with Gasteiger partial charge in [0, 0.05) is 12.2 Å². The van der Waals surface area contributed by atoms with Gasteiger partial charge in [-0.3, -0.25) is 9.59 Å². The fraction of sp³-hybridized carbons (Fsp3) is 0.391. The van der Waals surface area contributed by atoms with E-state index in [1.165, 1.54) is 52.7 Å². The highest BCUT2D eigenvalue weighted by atomic mass is 32.2. The number of thioether (sulfide) groups is 1. The maximum atomic E-state index is 13.0. The van der Waals surface area contributed by atoms with Crippen LogP contribution in [0.3, 0.4) is 0 Å². The van der Waals surface area contributed by atoms with Crippen LogP contribution in [-0.4, -0.2) is 34.3 Å². The molecule has 1 fully saturated rings. The monoisotopic (exact) mass is 414 g/mol. The Hall–Kier alpha value is -2.34. The number of aryl methyl sites for hydroxylation is 2. The van der Waals surface area contributed by atoms with Crippen LogP contribution in [0.25, 0.3) is 0 Å². The van der Waals surface area contributed by atoms with Crippen LogP contribution >= 0.6 is 11.8 Å². The van der Waals surface area contributed by atoms with Gasteiger partial charge in [0.05, 0.1) is 17.0 Å². The summed E-state index contributed by atoms with van der Waals surface area (Å²) >= 11 is 1.33. The highest BCUT2D eigenvalue weighted by Gasteiger charge is 2.32. The minimum Gasteiger partial charge on any atom is -0.335 e. The Balaban J connectivity index is 1.57. The second kappa shape index (κ2) is 9.44. The summed E-state index contributed by atoms with van der Waals surface area (Å²) in [5, 5.41) is 2.42. The molecule has 0 saturated carbocycles. The summed E-state index contributed by atoms with van der Waals surface area (Å²) in [6, 6.07) is 12.2. The van der Waals surface area contributed by atoms with Crippen LogP contribution in [0.2, 0.25) is 0 Å². The minimum absolute atomic E-state index is 0.0752. The molecule has 2 amide bonds. The van der Waals surface area contributed by atoms with Crippen molar-refractivity contribution >= 4 is 29.3 Å². The first-order valence-electron chi connectivity index (χ1n) is 9.89. The number of hydrogen-bond acceptors (Lipinski definition) is 3. The van der Waals surface area contributed by atoms with Gasteiger partial charge in [0.25, 0.3) is 0 Å². The first-order valence-corrected chi connectivity index (χ1v) is 10.9. The Morgan fingerprint density at radius 1 is 1.17 bits per heavy atom. The van der Waals surface area contributed by atoms with Crippen LogP contribution in [-0.2, 0) is 9.59 Å². The molecule has 0 bridgehead atoms. The summed E-state index contributed by atoms with van der Waals surface area (Å²) in [7, 11) is 0. The Labute approximate surface area is 175 Å². The highest BCUT2D eigenvalue weighted by molar-refractivity contribution is 8.01. The molecule has 0 spiro atoms. The quantitative estimate of drug-likeness (QED) is 0.734. The van der Waals surface area contributed by atoms with Crippen molar-refractivity contribution in [2.45, 2.75) is 44.9 Å². The molecule has 1 saturated heterocycles. The number of carbonyl (C=O) groups is 2. The number of likely N-dealkylation sites (tertiary alicyclic amines) is 1. The van der Waals surface area contributed by atoms with Crippen molar-refractivity contribution in [2.75, 3.05) is 17.6 Å². The molecule has 2 aromatic carbocycles. The minimum atomic E-state index is -0.347. The van der Waals surface area contributed by atoms with Crippen LogP contribution in [0, 0.1) is 19.7 Å². The summed E-state index contributed by atoms with van der Waals surface area (Å²) in [4.78, 5) is 27.2. The first-order chi connectivity index (χ1) is 13.8. The van der Waals surface area contributed by atoms with Gasteiger partial charge >= 0.3 is 0 Å². The molecule has 154 valence electrons. The van der Waals surface area contributed by atoms with Gasteiger partial charge in [-0.1, -0.05) is 29.3 Å². The molecule has 1 aliphatic heterocycles. The third kappa shape index (κ3) is 5.60. The maximum Gasteiger partial charge on any atom is 0.235 e. The molecule has 6 heteroatoms. The van der Waals surface area contributed by atoms with Gasteiger partial charge in [-0.05, 0) is 63.4 Å². The van der Waals surface area contributed by atoms with E-state index in [0.717, 1.165) is 19.4 Å². The molecule has 0 radical (unpaired) electrons. The van der Waals surface area contributed by atoms with Crippen LogP contribution < -0.4 is 5.32 Å². The molecule has 1 N–H and O–H groups in total. The third-order valence-corrected chi connectivity index (χ3v) is 6.24. The maximum absolute atomic E-state index is 13.0. The smallest absolute Gasteiger partial charge is 0.235 e. The summed E-state index contributed by atoms with van der Waals surface area (Å²) < 4.78 is 13.0. The van der Waals surface area contributed by atoms with E-state index in [1.807, 2.05) is 11.8 Å². The van der Waals surface area contributed by atoms with Crippen molar-refractivity contribution in [3.05, 3.63) is 65.0 Å². The number of nitrogens with one attached hydrogen (secondary N) is 1. The Kier molecular flexibility index (Phi) is 6.96. The Bertz CT molecular complexity index is 865. The number of benzene rings is 2. The lowest BCUT2D eigenvalue weighted by atomic mass is 9.99. The number of carbonyl (C=O) groups excluding carboxylic acids is 2. The lowest BCUT2D eigenvalue weighted by Crippen LogP contribution is -2.36. The zero-order chi connectivity index (χ0) is 21.0. The van der Waals surface area contributed by atoms with Crippen molar-refractivity contribution in [2.24, 2.45) is 0 Å². The summed E-state index contributed by atoms with van der Waals surface area (Å²) in [5.41, 5.74) is 4.16. The van der Waals surface area contributed by atoms with Gasteiger partial charge in [0.15, 0.2) is 0 Å². The largest absolute Gasteiger partial charge is 0.335 e. The van der Waals surface area contributed by atoms with Crippen molar-refractivity contribution in [3.63, 3.8) is 0 Å². The molecular weight excluding hydrogens is 387 g/mol. The molecule has 29 heavy (non-hydrogen) atoms. The molecule has 2 atom stereocenters. The Morgan fingerprint density at radius 3 is 2.48 bits per heavy atom. The van der Waals surface area contributed by atoms with Crippen molar-refractivity contribution in [1.29, 1.82) is 0 Å². The predicted molar refractivity (Wildman–Crippen MR) is 117 cm³/mol. The zero-order valence-electron chi connectivity index (χ0n) is 17.1. The van der Waals surface area contributed by atoms with E-state index in [9.17, 15) is 14.0 Å². The topological polar surface area (TPSA) is 49.4 Å². The fourth-order valence-corrected chi connectivity index (χ4v) is 4.57. The van der Waals surface area contributed by atoms with Crippen molar-refractivity contribution in [1.82, 2.24) is 4.90 Å². The van der Waals surface area contributed by atoms with E-state index in [-0.39, 0.29) is 34.7 Å². The van der Waals surface area contributed by atoms with Crippen LogP contribution in [0.4, 0.5) is 10.1 Å². The van der Waals surface area contributed by atoms with E-state index in [0.29, 0.717) is 5.69 Å². The fourth-order valence-electron chi connectivity index (χ4n) is 3.82. The van der Waals surface area contributed by atoms with Gasteiger partial charge in [0.2, 0.25) is 11.8 Å². The van der Waals surface area contributed by atoms with Gasteiger partial charge in [-0.2, -0.15) is 0 Å². The molecule has 3 rings (SSSR count). The summed E-state index contributed by atoms with van der Waals surface area (Å²) in [5.74, 6) is -0.299.